The highest BCUT2D eigenvalue weighted by Crippen LogP contribution is 2.25. The predicted octanol–water partition coefficient (Wildman–Crippen LogP) is 4.08. The molecule has 148 valence electrons. The summed E-state index contributed by atoms with van der Waals surface area (Å²) < 4.78 is 5.62. The minimum absolute atomic E-state index is 0.00608. The van der Waals surface area contributed by atoms with E-state index in [1.54, 1.807) is 42.7 Å². The molecule has 1 saturated heterocycles. The molecule has 3 aromatic rings. The van der Waals surface area contributed by atoms with E-state index in [1.807, 2.05) is 30.3 Å². The largest absolute Gasteiger partial charge is 0.468 e. The summed E-state index contributed by atoms with van der Waals surface area (Å²) in [7, 11) is 0. The minimum Gasteiger partial charge on any atom is -0.468 e. The molecule has 4 rings (SSSR count). The Morgan fingerprint density at radius 1 is 0.897 bits per heavy atom. The zero-order valence-electron chi connectivity index (χ0n) is 16.2. The second-order valence-electron chi connectivity index (χ2n) is 7.23. The van der Waals surface area contributed by atoms with Crippen molar-refractivity contribution in [2.75, 3.05) is 19.6 Å². The first-order valence-electron chi connectivity index (χ1n) is 9.98. The van der Waals surface area contributed by atoms with Crippen LogP contribution in [0.2, 0.25) is 0 Å². The summed E-state index contributed by atoms with van der Waals surface area (Å²) in [4.78, 5) is 28.2. The van der Waals surface area contributed by atoms with Crippen LogP contribution in [-0.4, -0.2) is 36.2 Å². The van der Waals surface area contributed by atoms with E-state index in [0.717, 1.165) is 31.7 Å². The lowest BCUT2D eigenvalue weighted by molar-refractivity contribution is 0.0924. The number of amides is 1. The molecule has 0 saturated carbocycles. The van der Waals surface area contributed by atoms with E-state index in [2.05, 4.69) is 10.2 Å². The average molecular weight is 388 g/mol. The maximum Gasteiger partial charge on any atom is 0.252 e. The Morgan fingerprint density at radius 2 is 1.59 bits per heavy atom. The van der Waals surface area contributed by atoms with E-state index in [1.165, 1.54) is 0 Å². The monoisotopic (exact) mass is 388 g/mol. The van der Waals surface area contributed by atoms with Gasteiger partial charge in [-0.1, -0.05) is 48.5 Å². The molecule has 0 radical (unpaired) electrons. The van der Waals surface area contributed by atoms with E-state index in [9.17, 15) is 9.59 Å². The van der Waals surface area contributed by atoms with Crippen molar-refractivity contribution in [1.29, 1.82) is 0 Å². The summed E-state index contributed by atoms with van der Waals surface area (Å²) in [5.74, 6) is 0.444. The molecular formula is C24H24N2O3. The average Bonchev–Trinajstić information content (AvgIpc) is 3.49. The molecular weight excluding hydrogens is 364 g/mol. The number of likely N-dealkylation sites (tertiary alicyclic amines) is 1. The smallest absolute Gasteiger partial charge is 0.252 e. The molecule has 2 heterocycles. The maximum atomic E-state index is 13.0. The van der Waals surface area contributed by atoms with Crippen LogP contribution in [-0.2, 0) is 0 Å². The van der Waals surface area contributed by atoms with E-state index < -0.39 is 0 Å². The van der Waals surface area contributed by atoms with Crippen LogP contribution < -0.4 is 5.32 Å². The van der Waals surface area contributed by atoms with Crippen LogP contribution in [0.1, 0.15) is 50.9 Å². The molecule has 1 fully saturated rings. The molecule has 1 N–H and O–H groups in total. The van der Waals surface area contributed by atoms with Crippen LogP contribution in [0.25, 0.3) is 0 Å². The SMILES string of the molecule is O=C(NCC(c1ccco1)N1CCCC1)c1ccccc1C(=O)c1ccccc1. The quantitative estimate of drug-likeness (QED) is 0.620. The number of nitrogens with zero attached hydrogens (tertiary/aromatic N) is 1. The fourth-order valence-electron chi connectivity index (χ4n) is 3.85. The molecule has 29 heavy (non-hydrogen) atoms. The van der Waals surface area contributed by atoms with Crippen LogP contribution in [0.4, 0.5) is 0 Å². The predicted molar refractivity (Wildman–Crippen MR) is 111 cm³/mol. The molecule has 2 aromatic carbocycles. The number of nitrogens with one attached hydrogen (secondary N) is 1. The third-order valence-electron chi connectivity index (χ3n) is 5.36. The highest BCUT2D eigenvalue weighted by Gasteiger charge is 2.26. The zero-order valence-corrected chi connectivity index (χ0v) is 16.2. The van der Waals surface area contributed by atoms with Crippen molar-refractivity contribution >= 4 is 11.7 Å². The Kier molecular flexibility index (Phi) is 5.86. The number of carbonyl (C=O) groups is 2. The van der Waals surface area contributed by atoms with Crippen LogP contribution in [0.5, 0.6) is 0 Å². The summed E-state index contributed by atoms with van der Waals surface area (Å²) >= 11 is 0. The van der Waals surface area contributed by atoms with E-state index in [4.69, 9.17) is 4.42 Å². The van der Waals surface area contributed by atoms with E-state index >= 15 is 0 Å². The molecule has 0 aliphatic carbocycles. The lowest BCUT2D eigenvalue weighted by Crippen LogP contribution is -2.37. The summed E-state index contributed by atoms with van der Waals surface area (Å²) in [6.07, 6.45) is 3.97. The molecule has 0 bridgehead atoms. The first-order valence-corrected chi connectivity index (χ1v) is 9.98. The Bertz CT molecular complexity index is 961. The first kappa shape index (κ1) is 19.2. The molecule has 0 spiro atoms. The molecule has 1 atom stereocenters. The number of carbonyl (C=O) groups excluding carboxylic acids is 2. The van der Waals surface area contributed by atoms with Gasteiger partial charge in [-0.2, -0.15) is 0 Å². The standard InChI is InChI=1S/C24H24N2O3/c27-23(18-9-2-1-3-10-18)19-11-4-5-12-20(19)24(28)25-17-21(22-13-8-16-29-22)26-14-6-7-15-26/h1-5,8-13,16,21H,6-7,14-15,17H2,(H,25,28). The van der Waals surface area contributed by atoms with Gasteiger partial charge < -0.3 is 9.73 Å². The third kappa shape index (κ3) is 4.30. The van der Waals surface area contributed by atoms with Crippen LogP contribution in [0, 0.1) is 0 Å². The topological polar surface area (TPSA) is 62.6 Å². The van der Waals surface area contributed by atoms with Crippen molar-refractivity contribution < 1.29 is 14.0 Å². The Balaban J connectivity index is 1.52. The summed E-state index contributed by atoms with van der Waals surface area (Å²) in [5.41, 5.74) is 1.37. The second-order valence-corrected chi connectivity index (χ2v) is 7.23. The summed E-state index contributed by atoms with van der Waals surface area (Å²) in [5, 5.41) is 3.02. The van der Waals surface area contributed by atoms with Gasteiger partial charge in [-0.3, -0.25) is 14.5 Å². The van der Waals surface area contributed by atoms with Gasteiger partial charge in [-0.15, -0.1) is 0 Å². The molecule has 1 unspecified atom stereocenters. The van der Waals surface area contributed by atoms with Gasteiger partial charge in [0.05, 0.1) is 17.9 Å². The highest BCUT2D eigenvalue weighted by atomic mass is 16.3. The van der Waals surface area contributed by atoms with Crippen LogP contribution in [0.3, 0.4) is 0 Å². The number of furan rings is 1. The van der Waals surface area contributed by atoms with Gasteiger partial charge in [0.2, 0.25) is 0 Å². The Labute approximate surface area is 170 Å². The molecule has 5 nitrogen and oxygen atoms in total. The second kappa shape index (κ2) is 8.88. The normalized spacial score (nSPS) is 15.2. The molecule has 1 aliphatic heterocycles. The number of benzene rings is 2. The lowest BCUT2D eigenvalue weighted by Gasteiger charge is -2.26. The van der Waals surface area contributed by atoms with E-state index in [0.29, 0.717) is 23.2 Å². The lowest BCUT2D eigenvalue weighted by atomic mass is 9.98. The Hall–Kier alpha value is -3.18. The van der Waals surface area contributed by atoms with Gasteiger partial charge in [0.1, 0.15) is 5.76 Å². The Morgan fingerprint density at radius 3 is 2.28 bits per heavy atom. The minimum atomic E-state index is -0.249. The molecule has 1 amide bonds. The first-order chi connectivity index (χ1) is 14.2. The van der Waals surface area contributed by atoms with Gasteiger partial charge in [-0.25, -0.2) is 0 Å². The van der Waals surface area contributed by atoms with Crippen molar-refractivity contribution in [1.82, 2.24) is 10.2 Å². The highest BCUT2D eigenvalue weighted by molar-refractivity contribution is 6.15. The maximum absolute atomic E-state index is 13.0. The van der Waals surface area contributed by atoms with Crippen LogP contribution >= 0.6 is 0 Å². The van der Waals surface area contributed by atoms with Crippen molar-refractivity contribution in [3.8, 4) is 0 Å². The van der Waals surface area contributed by atoms with E-state index in [-0.39, 0.29) is 17.7 Å². The van der Waals surface area contributed by atoms with Gasteiger partial charge in [0.25, 0.3) is 5.91 Å². The molecule has 1 aromatic heterocycles. The number of hydrogen-bond donors (Lipinski definition) is 1. The fraction of sp³-hybridized carbons (Fsp3) is 0.250. The number of ketones is 1. The summed E-state index contributed by atoms with van der Waals surface area (Å²) in [6.45, 7) is 2.41. The fourth-order valence-corrected chi connectivity index (χ4v) is 3.85. The zero-order chi connectivity index (χ0) is 20.1. The van der Waals surface area contributed by atoms with Crippen molar-refractivity contribution in [3.05, 3.63) is 95.4 Å². The third-order valence-corrected chi connectivity index (χ3v) is 5.36. The van der Waals surface area contributed by atoms with Gasteiger partial charge in [-0.05, 0) is 44.1 Å². The molecule has 1 aliphatic rings. The number of rotatable bonds is 7. The van der Waals surface area contributed by atoms with Crippen molar-refractivity contribution in [2.45, 2.75) is 18.9 Å². The van der Waals surface area contributed by atoms with Crippen molar-refractivity contribution in [3.63, 3.8) is 0 Å². The summed E-state index contributed by atoms with van der Waals surface area (Å²) in [6, 6.07) is 19.8. The van der Waals surface area contributed by atoms with Crippen molar-refractivity contribution in [2.24, 2.45) is 0 Å². The number of hydrogen-bond acceptors (Lipinski definition) is 4. The molecule has 5 heteroatoms. The van der Waals surface area contributed by atoms with Gasteiger partial charge in [0, 0.05) is 17.7 Å². The van der Waals surface area contributed by atoms with Gasteiger partial charge >= 0.3 is 0 Å². The van der Waals surface area contributed by atoms with Crippen LogP contribution in [0.15, 0.2) is 77.4 Å². The van der Waals surface area contributed by atoms with Gasteiger partial charge in [0.15, 0.2) is 5.78 Å².